The zero-order valence-electron chi connectivity index (χ0n) is 17.0. The summed E-state index contributed by atoms with van der Waals surface area (Å²) in [5.74, 6) is 0.858. The summed E-state index contributed by atoms with van der Waals surface area (Å²) in [6.07, 6.45) is 2.42. The van der Waals surface area contributed by atoms with Gasteiger partial charge in [-0.1, -0.05) is 19.1 Å². The summed E-state index contributed by atoms with van der Waals surface area (Å²) in [6, 6.07) is 12.8. The van der Waals surface area contributed by atoms with E-state index in [4.69, 9.17) is 15.2 Å². The van der Waals surface area contributed by atoms with Crippen LogP contribution in [0, 0.1) is 0 Å². The van der Waals surface area contributed by atoms with E-state index in [2.05, 4.69) is 6.92 Å². The highest BCUT2D eigenvalue weighted by atomic mass is 16.6. The lowest BCUT2D eigenvalue weighted by Gasteiger charge is -2.31. The number of hydrogen-bond donors (Lipinski definition) is 1. The fraction of sp³-hybridized carbons (Fsp3) is 0.391. The molecule has 2 amide bonds. The van der Waals surface area contributed by atoms with Crippen molar-refractivity contribution in [3.05, 3.63) is 59.2 Å². The number of amides is 2. The van der Waals surface area contributed by atoms with Gasteiger partial charge in [-0.2, -0.15) is 0 Å². The molecule has 6 heteroatoms. The van der Waals surface area contributed by atoms with E-state index >= 15 is 0 Å². The average Bonchev–Trinajstić information content (AvgIpc) is 2.76. The van der Waals surface area contributed by atoms with Gasteiger partial charge in [-0.05, 0) is 62.1 Å². The smallest absolute Gasteiger partial charge is 0.254 e. The Morgan fingerprint density at radius 2 is 1.79 bits per heavy atom. The second-order valence-electron chi connectivity index (χ2n) is 7.11. The summed E-state index contributed by atoms with van der Waals surface area (Å²) >= 11 is 0. The molecule has 2 aromatic carbocycles. The van der Waals surface area contributed by atoms with Gasteiger partial charge in [0.05, 0.1) is 0 Å². The van der Waals surface area contributed by atoms with Gasteiger partial charge in [0, 0.05) is 23.7 Å². The number of benzene rings is 2. The van der Waals surface area contributed by atoms with Crippen LogP contribution in [-0.2, 0) is 6.42 Å². The third kappa shape index (κ3) is 4.88. The molecule has 0 spiro atoms. The highest BCUT2D eigenvalue weighted by molar-refractivity contribution is 5.95. The number of fused-ring (bicyclic) bond motifs is 1. The van der Waals surface area contributed by atoms with Gasteiger partial charge in [-0.15, -0.1) is 0 Å². The number of aryl methyl sites for hydroxylation is 1. The zero-order chi connectivity index (χ0) is 20.8. The maximum Gasteiger partial charge on any atom is 0.254 e. The standard InChI is InChI=1S/C23H28N2O4/c1-3-19(10-8-16-6-5-7-17(14-16)22(24)26)25(4-2)23(27)18-9-11-20-21(15-18)29-13-12-28-20/h5-7,9,11,14-15,19H,3-4,8,10,12-13H2,1-2H3,(H2,24,26). The first-order valence-corrected chi connectivity index (χ1v) is 10.1. The Labute approximate surface area is 171 Å². The van der Waals surface area contributed by atoms with Crippen LogP contribution in [0.5, 0.6) is 11.5 Å². The molecule has 0 radical (unpaired) electrons. The molecule has 0 saturated carbocycles. The van der Waals surface area contributed by atoms with Crippen molar-refractivity contribution in [1.29, 1.82) is 0 Å². The second-order valence-corrected chi connectivity index (χ2v) is 7.11. The summed E-state index contributed by atoms with van der Waals surface area (Å²) in [5, 5.41) is 0. The van der Waals surface area contributed by atoms with Crippen LogP contribution in [0.25, 0.3) is 0 Å². The van der Waals surface area contributed by atoms with Crippen molar-refractivity contribution < 1.29 is 19.1 Å². The maximum atomic E-state index is 13.2. The van der Waals surface area contributed by atoms with E-state index in [9.17, 15) is 9.59 Å². The maximum absolute atomic E-state index is 13.2. The van der Waals surface area contributed by atoms with Crippen LogP contribution in [0.2, 0.25) is 0 Å². The molecule has 0 saturated heterocycles. The fourth-order valence-electron chi connectivity index (χ4n) is 3.70. The third-order valence-corrected chi connectivity index (χ3v) is 5.28. The van der Waals surface area contributed by atoms with Gasteiger partial charge >= 0.3 is 0 Å². The monoisotopic (exact) mass is 396 g/mol. The normalized spacial score (nSPS) is 13.6. The fourth-order valence-corrected chi connectivity index (χ4v) is 3.70. The predicted octanol–water partition coefficient (Wildman–Crippen LogP) is 3.43. The van der Waals surface area contributed by atoms with Crippen LogP contribution < -0.4 is 15.2 Å². The number of ether oxygens (including phenoxy) is 2. The van der Waals surface area contributed by atoms with Crippen LogP contribution >= 0.6 is 0 Å². The van der Waals surface area contributed by atoms with Crippen LogP contribution in [0.4, 0.5) is 0 Å². The Morgan fingerprint density at radius 3 is 2.48 bits per heavy atom. The first kappa shape index (κ1) is 20.7. The highest BCUT2D eigenvalue weighted by Crippen LogP contribution is 2.31. The molecular weight excluding hydrogens is 368 g/mol. The summed E-state index contributed by atoms with van der Waals surface area (Å²) in [6.45, 7) is 5.71. The molecule has 154 valence electrons. The Morgan fingerprint density at radius 1 is 1.03 bits per heavy atom. The molecule has 0 fully saturated rings. The Hall–Kier alpha value is -3.02. The van der Waals surface area contributed by atoms with Crippen LogP contribution in [-0.4, -0.2) is 42.5 Å². The largest absolute Gasteiger partial charge is 0.486 e. The second kappa shape index (κ2) is 9.45. The molecule has 0 bridgehead atoms. The molecular formula is C23H28N2O4. The van der Waals surface area contributed by atoms with E-state index in [1.807, 2.05) is 30.0 Å². The molecule has 3 rings (SSSR count). The van der Waals surface area contributed by atoms with Gasteiger partial charge in [0.15, 0.2) is 11.5 Å². The number of primary amides is 1. The Kier molecular flexibility index (Phi) is 6.75. The van der Waals surface area contributed by atoms with E-state index in [0.717, 1.165) is 24.8 Å². The zero-order valence-corrected chi connectivity index (χ0v) is 17.0. The molecule has 6 nitrogen and oxygen atoms in total. The SMILES string of the molecule is CCC(CCc1cccc(C(N)=O)c1)N(CC)C(=O)c1ccc2c(c1)OCCO2. The Balaban J connectivity index is 1.72. The minimum Gasteiger partial charge on any atom is -0.486 e. The van der Waals surface area contributed by atoms with Crippen molar-refractivity contribution in [2.24, 2.45) is 5.73 Å². The number of nitrogens with two attached hydrogens (primary N) is 1. The minimum atomic E-state index is -0.428. The number of carbonyl (C=O) groups excluding carboxylic acids is 2. The molecule has 1 heterocycles. The van der Waals surface area contributed by atoms with Gasteiger partial charge in [-0.25, -0.2) is 0 Å². The van der Waals surface area contributed by atoms with Crippen LogP contribution in [0.1, 0.15) is 53.0 Å². The van der Waals surface area contributed by atoms with Gasteiger partial charge in [-0.3, -0.25) is 9.59 Å². The van der Waals surface area contributed by atoms with Crippen molar-refractivity contribution in [2.75, 3.05) is 19.8 Å². The Bertz CT molecular complexity index is 881. The van der Waals surface area contributed by atoms with Gasteiger partial charge in [0.25, 0.3) is 5.91 Å². The van der Waals surface area contributed by atoms with E-state index in [1.165, 1.54) is 0 Å². The average molecular weight is 396 g/mol. The molecule has 2 N–H and O–H groups in total. The molecule has 29 heavy (non-hydrogen) atoms. The summed E-state index contributed by atoms with van der Waals surface area (Å²) in [7, 11) is 0. The van der Waals surface area contributed by atoms with Crippen molar-refractivity contribution in [2.45, 2.75) is 39.2 Å². The number of carbonyl (C=O) groups is 2. The molecule has 0 aromatic heterocycles. The van der Waals surface area contributed by atoms with Crippen molar-refractivity contribution in [3.63, 3.8) is 0 Å². The molecule has 2 aromatic rings. The number of rotatable bonds is 8. The van der Waals surface area contributed by atoms with Gasteiger partial charge < -0.3 is 20.1 Å². The lowest BCUT2D eigenvalue weighted by Crippen LogP contribution is -2.40. The summed E-state index contributed by atoms with van der Waals surface area (Å²) in [5.41, 5.74) is 7.53. The first-order chi connectivity index (χ1) is 14.0. The van der Waals surface area contributed by atoms with E-state index in [1.54, 1.807) is 24.3 Å². The number of hydrogen-bond acceptors (Lipinski definition) is 4. The molecule has 0 aliphatic carbocycles. The molecule has 1 aliphatic heterocycles. The number of nitrogens with zero attached hydrogens (tertiary/aromatic N) is 1. The quantitative estimate of drug-likeness (QED) is 0.741. The van der Waals surface area contributed by atoms with Crippen LogP contribution in [0.3, 0.4) is 0 Å². The van der Waals surface area contributed by atoms with Gasteiger partial charge in [0.2, 0.25) is 5.91 Å². The van der Waals surface area contributed by atoms with Crippen LogP contribution in [0.15, 0.2) is 42.5 Å². The third-order valence-electron chi connectivity index (χ3n) is 5.28. The van der Waals surface area contributed by atoms with E-state index in [0.29, 0.717) is 42.4 Å². The highest BCUT2D eigenvalue weighted by Gasteiger charge is 2.24. The van der Waals surface area contributed by atoms with Crippen molar-refractivity contribution >= 4 is 11.8 Å². The molecule has 1 atom stereocenters. The lowest BCUT2D eigenvalue weighted by molar-refractivity contribution is 0.0674. The topological polar surface area (TPSA) is 81.9 Å². The minimum absolute atomic E-state index is 0.0118. The first-order valence-electron chi connectivity index (χ1n) is 10.1. The lowest BCUT2D eigenvalue weighted by atomic mass is 9.99. The van der Waals surface area contributed by atoms with Gasteiger partial charge in [0.1, 0.15) is 13.2 Å². The summed E-state index contributed by atoms with van der Waals surface area (Å²) in [4.78, 5) is 26.5. The van der Waals surface area contributed by atoms with E-state index in [-0.39, 0.29) is 11.9 Å². The van der Waals surface area contributed by atoms with Crippen molar-refractivity contribution in [3.8, 4) is 11.5 Å². The summed E-state index contributed by atoms with van der Waals surface area (Å²) < 4.78 is 11.2. The molecule has 1 unspecified atom stereocenters. The predicted molar refractivity (Wildman–Crippen MR) is 112 cm³/mol. The molecule has 1 aliphatic rings. The van der Waals surface area contributed by atoms with E-state index < -0.39 is 5.91 Å². The van der Waals surface area contributed by atoms with Crippen molar-refractivity contribution in [1.82, 2.24) is 4.90 Å².